The van der Waals surface area contributed by atoms with Gasteiger partial charge >= 0.3 is 0 Å². The molecule has 1 nitrogen and oxygen atoms in total. The molecule has 1 unspecified atom stereocenters. The lowest BCUT2D eigenvalue weighted by Gasteiger charge is -2.20. The largest absolute Gasteiger partial charge is 0.306 e. The molecule has 2 aromatic rings. The first-order valence-electron chi connectivity index (χ1n) is 6.05. The van der Waals surface area contributed by atoms with Crippen LogP contribution in [0.5, 0.6) is 0 Å². The van der Waals surface area contributed by atoms with Crippen LogP contribution in [-0.4, -0.2) is 6.54 Å². The summed E-state index contributed by atoms with van der Waals surface area (Å²) in [6.07, 6.45) is 0. The van der Waals surface area contributed by atoms with Gasteiger partial charge in [0, 0.05) is 14.5 Å². The van der Waals surface area contributed by atoms with Crippen molar-refractivity contribution in [1.82, 2.24) is 5.32 Å². The van der Waals surface area contributed by atoms with Crippen LogP contribution in [0.15, 0.2) is 46.9 Å². The molecule has 0 heterocycles. The summed E-state index contributed by atoms with van der Waals surface area (Å²) in [7, 11) is 0. The van der Waals surface area contributed by atoms with Crippen LogP contribution >= 0.6 is 39.1 Å². The molecule has 4 heteroatoms. The Kier molecular flexibility index (Phi) is 5.28. The minimum absolute atomic E-state index is 0.0929. The zero-order valence-electron chi connectivity index (χ0n) is 10.5. The number of benzene rings is 2. The van der Waals surface area contributed by atoms with Crippen molar-refractivity contribution in [1.29, 1.82) is 0 Å². The molecule has 0 saturated carbocycles. The Hall–Kier alpha value is -0.540. The van der Waals surface area contributed by atoms with Gasteiger partial charge in [-0.2, -0.15) is 0 Å². The van der Waals surface area contributed by atoms with Gasteiger partial charge in [-0.15, -0.1) is 0 Å². The predicted octanol–water partition coefficient (Wildman–Crippen LogP) is 5.45. The molecule has 1 atom stereocenters. The fourth-order valence-electron chi connectivity index (χ4n) is 2.00. The second kappa shape index (κ2) is 6.76. The van der Waals surface area contributed by atoms with Crippen LogP contribution in [-0.2, 0) is 0 Å². The topological polar surface area (TPSA) is 12.0 Å². The summed E-state index contributed by atoms with van der Waals surface area (Å²) in [5, 5.41) is 4.94. The number of halogens is 3. The van der Waals surface area contributed by atoms with Gasteiger partial charge in [0.15, 0.2) is 0 Å². The van der Waals surface area contributed by atoms with Gasteiger partial charge in [-0.05, 0) is 48.0 Å². The summed E-state index contributed by atoms with van der Waals surface area (Å²) in [6, 6.07) is 13.8. The van der Waals surface area contributed by atoms with Crippen molar-refractivity contribution in [3.63, 3.8) is 0 Å². The van der Waals surface area contributed by atoms with E-state index in [1.165, 1.54) is 0 Å². The third kappa shape index (κ3) is 3.73. The molecule has 0 amide bonds. The van der Waals surface area contributed by atoms with Gasteiger partial charge in [0.2, 0.25) is 0 Å². The van der Waals surface area contributed by atoms with Crippen molar-refractivity contribution < 1.29 is 0 Å². The summed E-state index contributed by atoms with van der Waals surface area (Å²) >= 11 is 15.6. The molecule has 0 saturated heterocycles. The zero-order chi connectivity index (χ0) is 13.8. The van der Waals surface area contributed by atoms with Crippen LogP contribution < -0.4 is 5.32 Å². The van der Waals surface area contributed by atoms with Crippen LogP contribution in [0.1, 0.15) is 24.1 Å². The highest BCUT2D eigenvalue weighted by Gasteiger charge is 2.16. The van der Waals surface area contributed by atoms with E-state index >= 15 is 0 Å². The average Bonchev–Trinajstić information content (AvgIpc) is 2.40. The van der Waals surface area contributed by atoms with Crippen LogP contribution in [0, 0.1) is 0 Å². The summed E-state index contributed by atoms with van der Waals surface area (Å²) in [5.74, 6) is 0. The van der Waals surface area contributed by atoms with Gasteiger partial charge in [0.05, 0.1) is 6.04 Å². The molecule has 1 N–H and O–H groups in total. The summed E-state index contributed by atoms with van der Waals surface area (Å²) in [5.41, 5.74) is 2.28. The highest BCUT2D eigenvalue weighted by Crippen LogP contribution is 2.31. The third-order valence-electron chi connectivity index (χ3n) is 2.88. The van der Waals surface area contributed by atoms with Crippen LogP contribution in [0.3, 0.4) is 0 Å². The molecular weight excluding hydrogens is 345 g/mol. The van der Waals surface area contributed by atoms with E-state index in [4.69, 9.17) is 23.2 Å². The second-order valence-corrected chi connectivity index (χ2v) is 5.94. The van der Waals surface area contributed by atoms with Crippen LogP contribution in [0.4, 0.5) is 0 Å². The molecule has 0 radical (unpaired) electrons. The first kappa shape index (κ1) is 14.9. The Morgan fingerprint density at radius 2 is 1.68 bits per heavy atom. The molecule has 0 aliphatic rings. The molecule has 19 heavy (non-hydrogen) atoms. The van der Waals surface area contributed by atoms with E-state index in [1.807, 2.05) is 42.5 Å². The molecule has 2 aromatic carbocycles. The SMILES string of the molecule is CCNC(c1ccc(Cl)cc1)c1cc(Cl)ccc1Br. The fraction of sp³-hybridized carbons (Fsp3) is 0.200. The van der Waals surface area contributed by atoms with Crippen LogP contribution in [0.2, 0.25) is 10.0 Å². The van der Waals surface area contributed by atoms with Gasteiger partial charge in [-0.25, -0.2) is 0 Å². The quantitative estimate of drug-likeness (QED) is 0.765. The normalized spacial score (nSPS) is 12.4. The first-order valence-corrected chi connectivity index (χ1v) is 7.60. The van der Waals surface area contributed by atoms with Crippen molar-refractivity contribution in [3.05, 3.63) is 68.1 Å². The Bertz CT molecular complexity index is 555. The molecule has 0 fully saturated rings. The van der Waals surface area contributed by atoms with Gasteiger partial charge in [-0.3, -0.25) is 0 Å². The maximum Gasteiger partial charge on any atom is 0.0588 e. The van der Waals surface area contributed by atoms with E-state index in [0.717, 1.165) is 32.2 Å². The molecule has 0 spiro atoms. The minimum atomic E-state index is 0.0929. The molecule has 0 aromatic heterocycles. The minimum Gasteiger partial charge on any atom is -0.306 e. The fourth-order valence-corrected chi connectivity index (χ4v) is 2.78. The van der Waals surface area contributed by atoms with Crippen molar-refractivity contribution in [2.45, 2.75) is 13.0 Å². The predicted molar refractivity (Wildman–Crippen MR) is 86.1 cm³/mol. The molecule has 100 valence electrons. The molecule has 0 aliphatic carbocycles. The van der Waals surface area contributed by atoms with Crippen molar-refractivity contribution in [2.75, 3.05) is 6.54 Å². The Balaban J connectivity index is 2.44. The highest BCUT2D eigenvalue weighted by molar-refractivity contribution is 9.10. The Morgan fingerprint density at radius 3 is 2.32 bits per heavy atom. The molecule has 0 bridgehead atoms. The Labute approximate surface area is 132 Å². The summed E-state index contributed by atoms with van der Waals surface area (Å²) in [6.45, 7) is 2.95. The monoisotopic (exact) mass is 357 g/mol. The zero-order valence-corrected chi connectivity index (χ0v) is 13.6. The molecule has 2 rings (SSSR count). The standard InChI is InChI=1S/C15H14BrCl2N/c1-2-19-15(10-3-5-11(17)6-4-10)13-9-12(18)7-8-14(13)16/h3-9,15,19H,2H2,1H3. The lowest BCUT2D eigenvalue weighted by molar-refractivity contribution is 0.628. The number of nitrogens with one attached hydrogen (secondary N) is 1. The Morgan fingerprint density at radius 1 is 1.05 bits per heavy atom. The third-order valence-corrected chi connectivity index (χ3v) is 4.09. The number of hydrogen-bond acceptors (Lipinski definition) is 1. The lowest BCUT2D eigenvalue weighted by Crippen LogP contribution is -2.22. The van der Waals surface area contributed by atoms with E-state index in [2.05, 4.69) is 28.2 Å². The summed E-state index contributed by atoms with van der Waals surface area (Å²) in [4.78, 5) is 0. The van der Waals surface area contributed by atoms with E-state index in [0.29, 0.717) is 0 Å². The second-order valence-electron chi connectivity index (χ2n) is 4.21. The number of hydrogen-bond donors (Lipinski definition) is 1. The van der Waals surface area contributed by atoms with E-state index in [1.54, 1.807) is 0 Å². The van der Waals surface area contributed by atoms with E-state index in [9.17, 15) is 0 Å². The van der Waals surface area contributed by atoms with Crippen LogP contribution in [0.25, 0.3) is 0 Å². The van der Waals surface area contributed by atoms with Crippen molar-refractivity contribution in [2.24, 2.45) is 0 Å². The van der Waals surface area contributed by atoms with Gasteiger partial charge in [0.1, 0.15) is 0 Å². The van der Waals surface area contributed by atoms with Gasteiger partial charge in [0.25, 0.3) is 0 Å². The number of rotatable bonds is 4. The van der Waals surface area contributed by atoms with Gasteiger partial charge < -0.3 is 5.32 Å². The first-order chi connectivity index (χ1) is 9.11. The summed E-state index contributed by atoms with van der Waals surface area (Å²) < 4.78 is 1.04. The van der Waals surface area contributed by atoms with E-state index < -0.39 is 0 Å². The van der Waals surface area contributed by atoms with Gasteiger partial charge in [-0.1, -0.05) is 58.2 Å². The highest BCUT2D eigenvalue weighted by atomic mass is 79.9. The smallest absolute Gasteiger partial charge is 0.0588 e. The average molecular weight is 359 g/mol. The molecular formula is C15H14BrCl2N. The molecule has 0 aliphatic heterocycles. The van der Waals surface area contributed by atoms with E-state index in [-0.39, 0.29) is 6.04 Å². The maximum absolute atomic E-state index is 6.10. The van der Waals surface area contributed by atoms with Crippen molar-refractivity contribution >= 4 is 39.1 Å². The lowest BCUT2D eigenvalue weighted by atomic mass is 9.99. The van der Waals surface area contributed by atoms with Crippen molar-refractivity contribution in [3.8, 4) is 0 Å². The maximum atomic E-state index is 6.10.